The molecule has 2 aromatic heterocycles. The van der Waals surface area contributed by atoms with Gasteiger partial charge in [0.2, 0.25) is 0 Å². The topological polar surface area (TPSA) is 115 Å². The lowest BCUT2D eigenvalue weighted by atomic mass is 9.96. The fraction of sp³-hybridized carbons (Fsp3) is 0.206. The Hall–Kier alpha value is -5.63. The summed E-state index contributed by atoms with van der Waals surface area (Å²) in [6, 6.07) is 20.3. The zero-order chi connectivity index (χ0) is 31.7. The van der Waals surface area contributed by atoms with Gasteiger partial charge in [-0.1, -0.05) is 36.4 Å². The second kappa shape index (κ2) is 12.2. The van der Waals surface area contributed by atoms with Crippen LogP contribution in [-0.4, -0.2) is 63.7 Å². The first-order valence-corrected chi connectivity index (χ1v) is 14.3. The van der Waals surface area contributed by atoms with Crippen LogP contribution in [0.15, 0.2) is 72.6 Å². The number of rotatable bonds is 6. The molecule has 0 radical (unpaired) electrons. The molecule has 9 nitrogen and oxygen atoms in total. The third-order valence-corrected chi connectivity index (χ3v) is 7.84. The van der Waals surface area contributed by atoms with Crippen molar-refractivity contribution in [1.29, 1.82) is 5.26 Å². The SMILES string of the molecule is COc1nc(N2CCN(C(=O)/C(F)=C/c3cccc(C)n3)C(CC#N)C2)c2ccc(-c3cc(O)cc4ccccc34)c(F)c2n1. The smallest absolute Gasteiger partial charge is 0.318 e. The molecule has 11 heteroatoms. The van der Waals surface area contributed by atoms with Gasteiger partial charge in [0.1, 0.15) is 17.1 Å². The monoisotopic (exact) mass is 606 g/mol. The van der Waals surface area contributed by atoms with E-state index in [1.165, 1.54) is 18.1 Å². The number of phenols is 1. The van der Waals surface area contributed by atoms with Crippen LogP contribution in [0.25, 0.3) is 38.9 Å². The molecule has 3 heterocycles. The second-order valence-electron chi connectivity index (χ2n) is 10.7. The predicted molar refractivity (Wildman–Crippen MR) is 167 cm³/mol. The molecule has 1 saturated heterocycles. The molecule has 226 valence electrons. The standard InChI is InChI=1S/C34H28F2N6O3/c1-20-6-5-8-22(38-20)17-29(35)33(44)42-15-14-41(19-23(42)12-13-37)32-27-11-10-26(30(36)31(27)39-34(40-32)45-2)28-18-24(43)16-21-7-3-4-9-25(21)28/h3-11,16-18,23,43H,12,14-15,19H2,1-2H3/b29-17-. The average Bonchev–Trinajstić information content (AvgIpc) is 3.04. The minimum Gasteiger partial charge on any atom is -0.508 e. The van der Waals surface area contributed by atoms with Crippen molar-refractivity contribution in [2.24, 2.45) is 0 Å². The van der Waals surface area contributed by atoms with Gasteiger partial charge in [-0.2, -0.15) is 15.2 Å². The highest BCUT2D eigenvalue weighted by atomic mass is 19.1. The molecule has 6 rings (SSSR count). The van der Waals surface area contributed by atoms with E-state index in [0.717, 1.165) is 16.8 Å². The molecule has 5 aromatic rings. The molecule has 1 fully saturated rings. The molecule has 1 amide bonds. The van der Waals surface area contributed by atoms with Gasteiger partial charge < -0.3 is 19.6 Å². The highest BCUT2D eigenvalue weighted by Gasteiger charge is 2.34. The van der Waals surface area contributed by atoms with Crippen molar-refractivity contribution in [1.82, 2.24) is 19.9 Å². The maximum Gasteiger partial charge on any atom is 0.318 e. The Balaban J connectivity index is 1.36. The molecule has 1 unspecified atom stereocenters. The van der Waals surface area contributed by atoms with Crippen LogP contribution in [0, 0.1) is 24.1 Å². The first kappa shape index (κ1) is 29.4. The Kier molecular flexibility index (Phi) is 7.96. The molecule has 1 aliphatic rings. The summed E-state index contributed by atoms with van der Waals surface area (Å²) in [5, 5.41) is 21.8. The summed E-state index contributed by atoms with van der Waals surface area (Å²) in [5.41, 5.74) is 1.75. The summed E-state index contributed by atoms with van der Waals surface area (Å²) < 4.78 is 36.8. The highest BCUT2D eigenvalue weighted by molar-refractivity contribution is 6.01. The number of methoxy groups -OCH3 is 1. The number of carbonyl (C=O) groups is 1. The Morgan fingerprint density at radius 2 is 1.89 bits per heavy atom. The number of aromatic hydroxyl groups is 1. The number of amides is 1. The Bertz CT molecular complexity index is 2030. The van der Waals surface area contributed by atoms with E-state index in [-0.39, 0.29) is 48.9 Å². The third-order valence-electron chi connectivity index (χ3n) is 7.84. The van der Waals surface area contributed by atoms with Crippen molar-refractivity contribution in [3.05, 3.63) is 89.8 Å². The lowest BCUT2D eigenvalue weighted by Gasteiger charge is -2.41. The molecule has 0 bridgehead atoms. The van der Waals surface area contributed by atoms with Crippen LogP contribution in [0.3, 0.4) is 0 Å². The number of aromatic nitrogens is 3. The number of hydrogen-bond donors (Lipinski definition) is 1. The number of nitriles is 1. The number of halogens is 2. The van der Waals surface area contributed by atoms with Crippen LogP contribution < -0.4 is 9.64 Å². The molecule has 0 spiro atoms. The minimum atomic E-state index is -0.979. The van der Waals surface area contributed by atoms with E-state index in [1.54, 1.807) is 43.3 Å². The van der Waals surface area contributed by atoms with E-state index >= 15 is 8.78 Å². The Morgan fingerprint density at radius 3 is 2.67 bits per heavy atom. The van der Waals surface area contributed by atoms with Gasteiger partial charge in [0, 0.05) is 42.4 Å². The molecule has 45 heavy (non-hydrogen) atoms. The number of hydrogen-bond acceptors (Lipinski definition) is 8. The van der Waals surface area contributed by atoms with Crippen molar-refractivity contribution in [2.75, 3.05) is 31.6 Å². The van der Waals surface area contributed by atoms with E-state index in [1.807, 2.05) is 29.2 Å². The number of aryl methyl sites for hydroxylation is 1. The number of carbonyl (C=O) groups excluding carboxylic acids is 1. The summed E-state index contributed by atoms with van der Waals surface area (Å²) in [6.07, 6.45) is 1.03. The van der Waals surface area contributed by atoms with Crippen LogP contribution in [0.1, 0.15) is 17.8 Å². The number of piperazine rings is 1. The maximum atomic E-state index is 16.3. The quantitative estimate of drug-likeness (QED) is 0.236. The molecular weight excluding hydrogens is 578 g/mol. The van der Waals surface area contributed by atoms with Crippen LogP contribution in [0.5, 0.6) is 11.8 Å². The molecule has 1 N–H and O–H groups in total. The molecule has 1 aliphatic heterocycles. The van der Waals surface area contributed by atoms with E-state index < -0.39 is 23.6 Å². The normalized spacial score (nSPS) is 15.4. The van der Waals surface area contributed by atoms with Gasteiger partial charge in [-0.3, -0.25) is 9.78 Å². The predicted octanol–water partition coefficient (Wildman–Crippen LogP) is 5.95. The first-order valence-electron chi connectivity index (χ1n) is 14.3. The van der Waals surface area contributed by atoms with E-state index in [0.29, 0.717) is 28.2 Å². The fourth-order valence-electron chi connectivity index (χ4n) is 5.75. The van der Waals surface area contributed by atoms with Gasteiger partial charge in [0.05, 0.1) is 31.3 Å². The molecule has 3 aromatic carbocycles. The molecule has 0 saturated carbocycles. The van der Waals surface area contributed by atoms with Crippen LogP contribution >= 0.6 is 0 Å². The maximum absolute atomic E-state index is 16.3. The van der Waals surface area contributed by atoms with E-state index in [9.17, 15) is 15.2 Å². The number of pyridine rings is 1. The van der Waals surface area contributed by atoms with Crippen molar-refractivity contribution >= 4 is 39.5 Å². The first-order chi connectivity index (χ1) is 21.8. The van der Waals surface area contributed by atoms with Crippen molar-refractivity contribution in [3.63, 3.8) is 0 Å². The third kappa shape index (κ3) is 5.70. The van der Waals surface area contributed by atoms with Gasteiger partial charge >= 0.3 is 6.01 Å². The zero-order valence-corrected chi connectivity index (χ0v) is 24.5. The van der Waals surface area contributed by atoms with E-state index in [2.05, 4.69) is 21.0 Å². The Morgan fingerprint density at radius 1 is 1.07 bits per heavy atom. The second-order valence-corrected chi connectivity index (χ2v) is 10.7. The van der Waals surface area contributed by atoms with Gasteiger partial charge in [-0.25, -0.2) is 8.78 Å². The lowest BCUT2D eigenvalue weighted by molar-refractivity contribution is -0.131. The van der Waals surface area contributed by atoms with Crippen molar-refractivity contribution in [2.45, 2.75) is 19.4 Å². The number of phenolic OH excluding ortho intramolecular Hbond substituents is 1. The number of ether oxygens (including phenoxy) is 1. The number of fused-ring (bicyclic) bond motifs is 2. The summed E-state index contributed by atoms with van der Waals surface area (Å²) in [4.78, 5) is 29.4. The summed E-state index contributed by atoms with van der Waals surface area (Å²) in [7, 11) is 1.38. The van der Waals surface area contributed by atoms with Crippen molar-refractivity contribution < 1.29 is 23.4 Å². The lowest BCUT2D eigenvalue weighted by Crippen LogP contribution is -2.55. The average molecular weight is 607 g/mol. The Labute approximate surface area is 257 Å². The summed E-state index contributed by atoms with van der Waals surface area (Å²) in [6.45, 7) is 2.24. The van der Waals surface area contributed by atoms with Crippen LogP contribution in [0.2, 0.25) is 0 Å². The molecule has 0 aliphatic carbocycles. The van der Waals surface area contributed by atoms with Crippen molar-refractivity contribution in [3.8, 4) is 29.0 Å². The summed E-state index contributed by atoms with van der Waals surface area (Å²) in [5.74, 6) is -2.07. The zero-order valence-electron chi connectivity index (χ0n) is 24.5. The summed E-state index contributed by atoms with van der Waals surface area (Å²) >= 11 is 0. The van der Waals surface area contributed by atoms with Gasteiger partial charge in [0.25, 0.3) is 5.91 Å². The number of anilines is 1. The van der Waals surface area contributed by atoms with Crippen LogP contribution in [-0.2, 0) is 4.79 Å². The van der Waals surface area contributed by atoms with Gasteiger partial charge in [0.15, 0.2) is 11.6 Å². The van der Waals surface area contributed by atoms with Crippen LogP contribution in [0.4, 0.5) is 14.6 Å². The minimum absolute atomic E-state index is 0.00142. The fourth-order valence-corrected chi connectivity index (χ4v) is 5.75. The van der Waals surface area contributed by atoms with Gasteiger partial charge in [-0.05, 0) is 53.6 Å². The number of nitrogens with zero attached hydrogens (tertiary/aromatic N) is 6. The highest BCUT2D eigenvalue weighted by Crippen LogP contribution is 2.38. The largest absolute Gasteiger partial charge is 0.508 e. The van der Waals surface area contributed by atoms with Gasteiger partial charge in [-0.15, -0.1) is 0 Å². The number of benzene rings is 3. The van der Waals surface area contributed by atoms with E-state index in [4.69, 9.17) is 4.74 Å². The molecular formula is C34H28F2N6O3. The molecule has 1 atom stereocenters.